The van der Waals surface area contributed by atoms with Crippen molar-refractivity contribution in [1.29, 1.82) is 0 Å². The fourth-order valence-corrected chi connectivity index (χ4v) is 5.27. The van der Waals surface area contributed by atoms with E-state index in [1.807, 2.05) is 31.0 Å². The fourth-order valence-electron chi connectivity index (χ4n) is 4.09. The quantitative estimate of drug-likeness (QED) is 0.244. The monoisotopic (exact) mass is 496 g/mol. The van der Waals surface area contributed by atoms with E-state index >= 15 is 0 Å². The van der Waals surface area contributed by atoms with Crippen LogP contribution in [0.15, 0.2) is 63.0 Å². The highest BCUT2D eigenvalue weighted by Gasteiger charge is 2.16. The van der Waals surface area contributed by atoms with Gasteiger partial charge in [0.05, 0.1) is 5.03 Å². The number of aryl methyl sites for hydroxylation is 2. The van der Waals surface area contributed by atoms with E-state index < -0.39 is 0 Å². The second-order valence-corrected chi connectivity index (χ2v) is 10.4. The van der Waals surface area contributed by atoms with Gasteiger partial charge in [-0.1, -0.05) is 64.1 Å². The zero-order chi connectivity index (χ0) is 25.5. The predicted molar refractivity (Wildman–Crippen MR) is 155 cm³/mol. The van der Waals surface area contributed by atoms with Gasteiger partial charge in [-0.3, -0.25) is 0 Å². The minimum atomic E-state index is 0.107. The number of aliphatic imine (C=N–C) groups is 3. The van der Waals surface area contributed by atoms with Crippen LogP contribution in [0, 0.1) is 5.92 Å². The maximum atomic E-state index is 5.49. The van der Waals surface area contributed by atoms with Gasteiger partial charge in [0.25, 0.3) is 0 Å². The third-order valence-electron chi connectivity index (χ3n) is 5.95. The van der Waals surface area contributed by atoms with Crippen LogP contribution < -0.4 is 5.48 Å². The highest BCUT2D eigenvalue weighted by molar-refractivity contribution is 8.03. The highest BCUT2D eigenvalue weighted by atomic mass is 32.2. The predicted octanol–water partition coefficient (Wildman–Crippen LogP) is 7.34. The summed E-state index contributed by atoms with van der Waals surface area (Å²) in [4.78, 5) is 19.0. The fraction of sp³-hybridized carbons (Fsp3) is 0.552. The average Bonchev–Trinajstić information content (AvgIpc) is 3.31. The minimum Gasteiger partial charge on any atom is -0.391 e. The van der Waals surface area contributed by atoms with Crippen molar-refractivity contribution in [3.63, 3.8) is 0 Å². The largest absolute Gasteiger partial charge is 0.391 e. The second-order valence-electron chi connectivity index (χ2n) is 9.03. The van der Waals surface area contributed by atoms with Crippen LogP contribution in [0.25, 0.3) is 0 Å². The first kappa shape index (κ1) is 29.1. The molecule has 0 saturated carbocycles. The van der Waals surface area contributed by atoms with Crippen LogP contribution in [0.3, 0.4) is 0 Å². The number of thioether (sulfide) groups is 1. The maximum absolute atomic E-state index is 5.49. The van der Waals surface area contributed by atoms with Crippen LogP contribution in [-0.4, -0.2) is 36.3 Å². The van der Waals surface area contributed by atoms with Crippen molar-refractivity contribution >= 4 is 29.6 Å². The van der Waals surface area contributed by atoms with Gasteiger partial charge in [0.1, 0.15) is 6.17 Å². The summed E-state index contributed by atoms with van der Waals surface area (Å²) in [6, 6.07) is 8.96. The standard InChI is InChI=1S/C29H44N4OS/c1-7-12-26(35-23(5)31-27(13-8-2)22(4)21-30-6)17-11-16-24-14-10-15-25(20-24)18-19-29-32-28(9-3)33-34-29/h8,10,13-15,20-22,26,28,33H,5,7,9,11-12,16-19H2,1-4,6H3/b13-8-,30-21?,31-27+. The molecule has 3 atom stereocenters. The van der Waals surface area contributed by atoms with Crippen molar-refractivity contribution < 1.29 is 4.84 Å². The molecule has 1 aromatic rings. The number of hydroxylamine groups is 1. The Labute approximate surface area is 217 Å². The summed E-state index contributed by atoms with van der Waals surface area (Å²) >= 11 is 1.83. The molecule has 1 aromatic carbocycles. The third kappa shape index (κ3) is 11.0. The Hall–Kier alpha value is -2.18. The maximum Gasteiger partial charge on any atom is 0.211 e. The molecule has 0 spiro atoms. The first-order valence-electron chi connectivity index (χ1n) is 13.0. The first-order valence-corrected chi connectivity index (χ1v) is 13.9. The number of hydrogen-bond acceptors (Lipinski definition) is 6. The van der Waals surface area contributed by atoms with Crippen LogP contribution >= 0.6 is 11.8 Å². The van der Waals surface area contributed by atoms with Gasteiger partial charge in [-0.05, 0) is 62.7 Å². The van der Waals surface area contributed by atoms with Gasteiger partial charge in [-0.25, -0.2) is 9.98 Å². The Morgan fingerprint density at radius 3 is 2.66 bits per heavy atom. The summed E-state index contributed by atoms with van der Waals surface area (Å²) in [6.07, 6.45) is 14.6. The molecular weight excluding hydrogens is 452 g/mol. The van der Waals surface area contributed by atoms with Crippen molar-refractivity contribution in [3.8, 4) is 0 Å². The molecule has 0 aliphatic carbocycles. The lowest BCUT2D eigenvalue weighted by Gasteiger charge is -2.16. The molecule has 3 unspecified atom stereocenters. The van der Waals surface area contributed by atoms with Crippen LogP contribution in [-0.2, 0) is 17.7 Å². The minimum absolute atomic E-state index is 0.107. The van der Waals surface area contributed by atoms with E-state index in [0.717, 1.165) is 55.2 Å². The topological polar surface area (TPSA) is 58.3 Å². The molecule has 2 rings (SSSR count). The van der Waals surface area contributed by atoms with Gasteiger partial charge in [0.2, 0.25) is 5.90 Å². The van der Waals surface area contributed by atoms with Gasteiger partial charge in [0, 0.05) is 36.6 Å². The van der Waals surface area contributed by atoms with Gasteiger partial charge in [-0.15, -0.1) is 17.2 Å². The molecule has 0 radical (unpaired) electrons. The summed E-state index contributed by atoms with van der Waals surface area (Å²) < 4.78 is 0. The molecule has 192 valence electrons. The van der Waals surface area contributed by atoms with Crippen molar-refractivity contribution in [2.45, 2.75) is 90.5 Å². The van der Waals surface area contributed by atoms with E-state index in [-0.39, 0.29) is 12.1 Å². The number of hydrogen-bond donors (Lipinski definition) is 1. The summed E-state index contributed by atoms with van der Waals surface area (Å²) in [7, 11) is 1.80. The molecule has 1 heterocycles. The van der Waals surface area contributed by atoms with E-state index in [1.54, 1.807) is 7.05 Å². The molecule has 0 aromatic heterocycles. The molecule has 1 aliphatic rings. The highest BCUT2D eigenvalue weighted by Crippen LogP contribution is 2.29. The first-order chi connectivity index (χ1) is 17.0. The molecule has 0 fully saturated rings. The molecular formula is C29H44N4OS. The molecule has 0 bridgehead atoms. The Kier molecular flexibility index (Phi) is 13.7. The van der Waals surface area contributed by atoms with Crippen molar-refractivity contribution in [1.82, 2.24) is 5.48 Å². The number of rotatable bonds is 16. The van der Waals surface area contributed by atoms with E-state index in [0.29, 0.717) is 5.25 Å². The number of nitrogens with zero attached hydrogens (tertiary/aromatic N) is 3. The smallest absolute Gasteiger partial charge is 0.211 e. The Bertz CT molecular complexity index is 906. The van der Waals surface area contributed by atoms with Crippen LogP contribution in [0.1, 0.15) is 77.3 Å². The lowest BCUT2D eigenvalue weighted by atomic mass is 10.0. The summed E-state index contributed by atoms with van der Waals surface area (Å²) in [5.41, 5.74) is 6.73. The molecule has 1 aliphatic heterocycles. The summed E-state index contributed by atoms with van der Waals surface area (Å²) in [5, 5.41) is 1.43. The Morgan fingerprint density at radius 1 is 1.23 bits per heavy atom. The number of nitrogens with one attached hydrogen (secondary N) is 1. The zero-order valence-corrected chi connectivity index (χ0v) is 23.1. The molecule has 5 nitrogen and oxygen atoms in total. The normalized spacial score (nSPS) is 18.1. The zero-order valence-electron chi connectivity index (χ0n) is 22.3. The number of benzene rings is 1. The lowest BCUT2D eigenvalue weighted by Crippen LogP contribution is -2.20. The van der Waals surface area contributed by atoms with Gasteiger partial charge >= 0.3 is 0 Å². The van der Waals surface area contributed by atoms with Crippen LogP contribution in [0.4, 0.5) is 0 Å². The second kappa shape index (κ2) is 16.5. The molecule has 0 saturated heterocycles. The lowest BCUT2D eigenvalue weighted by molar-refractivity contribution is 0.172. The molecule has 0 amide bonds. The SMILES string of the molecule is C=C(/N=C(\C=C/C)C(C)C=NC)SC(CCC)CCCc1cccc(CCC2=NC(CC)NO2)c1. The average molecular weight is 497 g/mol. The third-order valence-corrected chi connectivity index (χ3v) is 7.12. The molecule has 1 N–H and O–H groups in total. The van der Waals surface area contributed by atoms with Gasteiger partial charge < -0.3 is 9.83 Å². The van der Waals surface area contributed by atoms with E-state index in [4.69, 9.17) is 9.83 Å². The molecule has 35 heavy (non-hydrogen) atoms. The van der Waals surface area contributed by atoms with Crippen molar-refractivity contribution in [2.75, 3.05) is 7.05 Å². The Balaban J connectivity index is 1.87. The van der Waals surface area contributed by atoms with Crippen molar-refractivity contribution in [3.05, 3.63) is 59.2 Å². The Morgan fingerprint density at radius 2 is 2.00 bits per heavy atom. The summed E-state index contributed by atoms with van der Waals surface area (Å²) in [6.45, 7) is 12.8. The van der Waals surface area contributed by atoms with Crippen LogP contribution in [0.5, 0.6) is 0 Å². The van der Waals surface area contributed by atoms with E-state index in [2.05, 4.69) is 73.2 Å². The molecule has 6 heteroatoms. The van der Waals surface area contributed by atoms with E-state index in [9.17, 15) is 0 Å². The number of allylic oxidation sites excluding steroid dienone is 2. The summed E-state index contributed by atoms with van der Waals surface area (Å²) in [5.74, 6) is 1.00. The van der Waals surface area contributed by atoms with Gasteiger partial charge in [0.15, 0.2) is 0 Å². The van der Waals surface area contributed by atoms with Crippen molar-refractivity contribution in [2.24, 2.45) is 20.9 Å². The van der Waals surface area contributed by atoms with E-state index in [1.165, 1.54) is 24.0 Å². The van der Waals surface area contributed by atoms with Gasteiger partial charge in [-0.2, -0.15) is 0 Å². The van der Waals surface area contributed by atoms with Crippen LogP contribution in [0.2, 0.25) is 0 Å².